The zero-order valence-electron chi connectivity index (χ0n) is 9.08. The van der Waals surface area contributed by atoms with E-state index >= 15 is 0 Å². The molecule has 0 radical (unpaired) electrons. The van der Waals surface area contributed by atoms with Crippen LogP contribution in [0.5, 0.6) is 0 Å². The number of hydrogen-bond donors (Lipinski definition) is 1. The fourth-order valence-electron chi connectivity index (χ4n) is 1.20. The fraction of sp³-hybridized carbons (Fsp3) is 1.00. The Hall–Kier alpha value is 1.01. The Labute approximate surface area is 92.2 Å². The minimum Gasteiger partial charge on any atom is -0.383 e. The molecule has 0 aliphatic rings. The quantitative estimate of drug-likeness (QED) is 0.693. The smallest absolute Gasteiger partial charge is 0.0928 e. The van der Waals surface area contributed by atoms with Gasteiger partial charge in [-0.2, -0.15) is 20.8 Å². The monoisotopic (exact) mass is 242 g/mol. The number of aliphatic hydroxyl groups is 1. The van der Waals surface area contributed by atoms with Crippen molar-refractivity contribution in [3.8, 4) is 0 Å². The molecule has 0 aromatic heterocycles. The second-order valence-corrected chi connectivity index (χ2v) is 10.9. The minimum atomic E-state index is -0.819. The van der Waals surface area contributed by atoms with E-state index in [0.717, 1.165) is 12.2 Å². The average molecular weight is 242 g/mol. The minimum absolute atomic E-state index is 0.0742. The normalized spacial score (nSPS) is 20.7. The fourth-order valence-corrected chi connectivity index (χ4v) is 5.85. The van der Waals surface area contributed by atoms with Gasteiger partial charge in [0.2, 0.25) is 0 Å². The molecule has 0 fully saturated rings. The zero-order chi connectivity index (χ0) is 10.3. The van der Waals surface area contributed by atoms with Gasteiger partial charge in [-0.05, 0) is 43.1 Å². The van der Waals surface area contributed by atoms with Gasteiger partial charge < -0.3 is 5.11 Å². The molecule has 0 saturated carbocycles. The summed E-state index contributed by atoms with van der Waals surface area (Å²) in [6.07, 6.45) is 8.62. The molecule has 1 N–H and O–H groups in total. The summed E-state index contributed by atoms with van der Waals surface area (Å²) < 4.78 is 0. The van der Waals surface area contributed by atoms with Crippen molar-refractivity contribution in [2.75, 3.05) is 30.3 Å². The molecule has 0 amide bonds. The highest BCUT2D eigenvalue weighted by molar-refractivity contribution is 8.94. The number of hydrogen-bond acceptors (Lipinski definition) is 3. The highest BCUT2D eigenvalue weighted by Crippen LogP contribution is 2.59. The lowest BCUT2D eigenvalue weighted by Crippen LogP contribution is -2.17. The van der Waals surface area contributed by atoms with Crippen molar-refractivity contribution in [1.82, 2.24) is 0 Å². The Balaban J connectivity index is 4.03. The molecule has 0 aliphatic carbocycles. The highest BCUT2D eigenvalue weighted by Gasteiger charge is 2.24. The molecule has 0 rings (SSSR count). The Morgan fingerprint density at radius 2 is 2.00 bits per heavy atom. The predicted octanol–water partition coefficient (Wildman–Crippen LogP) is 3.18. The summed E-state index contributed by atoms with van der Waals surface area (Å²) in [5, 5.41) is 10.0. The van der Waals surface area contributed by atoms with Gasteiger partial charge in [0.05, 0.1) is 5.44 Å². The van der Waals surface area contributed by atoms with E-state index in [1.54, 1.807) is 0 Å². The first-order valence-electron chi connectivity index (χ1n) is 4.58. The molecule has 0 saturated heterocycles. The van der Waals surface area contributed by atoms with Crippen LogP contribution < -0.4 is 0 Å². The summed E-state index contributed by atoms with van der Waals surface area (Å²) in [4.78, 5) is 0. The Morgan fingerprint density at radius 3 is 2.38 bits per heavy atom. The van der Waals surface area contributed by atoms with Gasteiger partial charge in [-0.25, -0.2) is 0 Å². The van der Waals surface area contributed by atoms with Crippen LogP contribution in [0.1, 0.15) is 19.8 Å². The third kappa shape index (κ3) is 4.86. The van der Waals surface area contributed by atoms with Crippen LogP contribution in [0, 0.1) is 0 Å². The maximum Gasteiger partial charge on any atom is 0.0928 e. The van der Waals surface area contributed by atoms with Gasteiger partial charge in [-0.3, -0.25) is 0 Å². The summed E-state index contributed by atoms with van der Waals surface area (Å²) in [5.41, 5.74) is -0.0742. The van der Waals surface area contributed by atoms with Crippen molar-refractivity contribution < 1.29 is 5.11 Å². The topological polar surface area (TPSA) is 20.2 Å². The van der Waals surface area contributed by atoms with E-state index in [2.05, 4.69) is 25.7 Å². The van der Waals surface area contributed by atoms with Crippen molar-refractivity contribution in [1.29, 1.82) is 0 Å². The van der Waals surface area contributed by atoms with E-state index in [4.69, 9.17) is 0 Å². The van der Waals surface area contributed by atoms with Crippen LogP contribution >= 0.6 is 31.6 Å². The van der Waals surface area contributed by atoms with Crippen LogP contribution in [0.4, 0.5) is 0 Å². The van der Waals surface area contributed by atoms with Crippen LogP contribution in [0.2, 0.25) is 0 Å². The Morgan fingerprint density at radius 1 is 1.38 bits per heavy atom. The van der Waals surface area contributed by atoms with Gasteiger partial charge in [-0.1, -0.05) is 6.92 Å². The lowest BCUT2D eigenvalue weighted by molar-refractivity contribution is 0.258. The van der Waals surface area contributed by atoms with Gasteiger partial charge in [0.15, 0.2) is 0 Å². The Kier molecular flexibility index (Phi) is 7.89. The van der Waals surface area contributed by atoms with E-state index in [1.807, 2.05) is 22.6 Å². The molecule has 1 nitrogen and oxygen atoms in total. The number of thioether (sulfide) groups is 1. The SMILES string of the molecule is CCCS(C)(SC)[C@H](O)CCSC. The largest absolute Gasteiger partial charge is 0.383 e. The van der Waals surface area contributed by atoms with Crippen molar-refractivity contribution in [3.05, 3.63) is 0 Å². The average Bonchev–Trinajstić information content (AvgIpc) is 2.14. The molecule has 0 spiro atoms. The van der Waals surface area contributed by atoms with Crippen LogP contribution in [0.3, 0.4) is 0 Å². The summed E-state index contributed by atoms with van der Waals surface area (Å²) in [7, 11) is 1.06. The standard InChI is InChI=1S/C9H22OS3/c1-5-8-13(4,12-3)9(10)6-7-11-2/h9-10H,5-8H2,1-4H3/t9-/m0/s1. The van der Waals surface area contributed by atoms with E-state index in [1.165, 1.54) is 12.2 Å². The van der Waals surface area contributed by atoms with Gasteiger partial charge in [0.25, 0.3) is 0 Å². The predicted molar refractivity (Wildman–Crippen MR) is 71.2 cm³/mol. The van der Waals surface area contributed by atoms with Crippen LogP contribution in [0.25, 0.3) is 0 Å². The van der Waals surface area contributed by atoms with Crippen molar-refractivity contribution in [2.24, 2.45) is 0 Å². The molecule has 0 aliphatic heterocycles. The first kappa shape index (κ1) is 14.0. The van der Waals surface area contributed by atoms with Crippen LogP contribution in [0.15, 0.2) is 0 Å². The molecule has 0 aromatic carbocycles. The first-order chi connectivity index (χ1) is 6.10. The molecule has 0 bridgehead atoms. The zero-order valence-corrected chi connectivity index (χ0v) is 11.5. The second-order valence-electron chi connectivity index (χ2n) is 3.18. The van der Waals surface area contributed by atoms with Crippen molar-refractivity contribution in [3.63, 3.8) is 0 Å². The molecule has 0 aromatic rings. The molecule has 2 atom stereocenters. The van der Waals surface area contributed by atoms with Crippen LogP contribution in [-0.2, 0) is 0 Å². The maximum atomic E-state index is 10.0. The summed E-state index contributed by atoms with van der Waals surface area (Å²) in [5.74, 6) is 2.26. The van der Waals surface area contributed by atoms with Gasteiger partial charge in [0, 0.05) is 0 Å². The molecule has 0 heterocycles. The molecule has 13 heavy (non-hydrogen) atoms. The highest BCUT2D eigenvalue weighted by atomic mass is 33.2. The van der Waals surface area contributed by atoms with Gasteiger partial charge in [-0.15, -0.1) is 10.8 Å². The molecule has 1 unspecified atom stereocenters. The first-order valence-corrected chi connectivity index (χ1v) is 9.99. The van der Waals surface area contributed by atoms with Crippen LogP contribution in [-0.4, -0.2) is 40.8 Å². The van der Waals surface area contributed by atoms with E-state index < -0.39 is 9.06 Å². The maximum absolute atomic E-state index is 10.0. The summed E-state index contributed by atoms with van der Waals surface area (Å²) >= 11 is 1.82. The second kappa shape index (κ2) is 7.32. The molecular weight excluding hydrogens is 220 g/mol. The summed E-state index contributed by atoms with van der Waals surface area (Å²) in [6.45, 7) is 2.20. The lowest BCUT2D eigenvalue weighted by atomic mass is 10.5. The third-order valence-electron chi connectivity index (χ3n) is 2.13. The van der Waals surface area contributed by atoms with E-state index in [-0.39, 0.29) is 5.44 Å². The summed E-state index contributed by atoms with van der Waals surface area (Å²) in [6, 6.07) is 0. The molecule has 4 heteroatoms. The van der Waals surface area contributed by atoms with Gasteiger partial charge >= 0.3 is 0 Å². The van der Waals surface area contributed by atoms with Gasteiger partial charge in [0.1, 0.15) is 0 Å². The van der Waals surface area contributed by atoms with Crippen molar-refractivity contribution in [2.45, 2.75) is 25.2 Å². The van der Waals surface area contributed by atoms with E-state index in [9.17, 15) is 5.11 Å². The number of rotatable bonds is 7. The molecule has 82 valence electrons. The van der Waals surface area contributed by atoms with E-state index in [0.29, 0.717) is 0 Å². The Bertz CT molecular complexity index is 132. The molecular formula is C9H22OS3. The number of aliphatic hydroxyl groups excluding tert-OH is 1. The third-order valence-corrected chi connectivity index (χ3v) is 9.60. The lowest BCUT2D eigenvalue weighted by Gasteiger charge is -2.38. The van der Waals surface area contributed by atoms with Crippen molar-refractivity contribution >= 4 is 31.6 Å².